The summed E-state index contributed by atoms with van der Waals surface area (Å²) in [7, 11) is 1.97. The van der Waals surface area contributed by atoms with Gasteiger partial charge in [0.1, 0.15) is 6.10 Å². The van der Waals surface area contributed by atoms with Gasteiger partial charge in [0.05, 0.1) is 0 Å². The molecule has 0 radical (unpaired) electrons. The van der Waals surface area contributed by atoms with Gasteiger partial charge in [0.25, 0.3) is 0 Å². The largest absolute Gasteiger partial charge is 0.380 e. The highest BCUT2D eigenvalue weighted by molar-refractivity contribution is 6.44. The Morgan fingerprint density at radius 3 is 2.54 bits per heavy atom. The molecule has 0 saturated carbocycles. The molecule has 128 valence electrons. The summed E-state index contributed by atoms with van der Waals surface area (Å²) in [6, 6.07) is 16.0. The van der Waals surface area contributed by atoms with Gasteiger partial charge in [-0.25, -0.2) is 0 Å². The molecular weight excluding hydrogens is 324 g/mol. The average Bonchev–Trinajstić information content (AvgIpc) is 3.15. The molecule has 26 heavy (non-hydrogen) atoms. The molecule has 0 unspecified atom stereocenters. The van der Waals surface area contributed by atoms with Crippen molar-refractivity contribution in [1.82, 2.24) is 9.55 Å². The summed E-state index contributed by atoms with van der Waals surface area (Å²) in [6.07, 6.45) is 0.912. The maximum atomic E-state index is 12.6. The Hall–Kier alpha value is -3.11. The van der Waals surface area contributed by atoms with E-state index in [-0.39, 0.29) is 5.78 Å². The normalized spacial score (nSPS) is 17.3. The molecule has 0 saturated heterocycles. The van der Waals surface area contributed by atoms with Crippen molar-refractivity contribution in [2.45, 2.75) is 13.0 Å². The molecule has 4 nitrogen and oxygen atoms in total. The van der Waals surface area contributed by atoms with Gasteiger partial charge in [-0.1, -0.05) is 36.4 Å². The monoisotopic (exact) mass is 342 g/mol. The molecule has 2 N–H and O–H groups in total. The second-order valence-electron chi connectivity index (χ2n) is 6.90. The number of carbonyl (C=O) groups excluding carboxylic acids is 1. The van der Waals surface area contributed by atoms with E-state index in [0.717, 1.165) is 44.2 Å². The highest BCUT2D eigenvalue weighted by Gasteiger charge is 2.41. The Bertz CT molecular complexity index is 1240. The third kappa shape index (κ3) is 1.85. The molecule has 0 bridgehead atoms. The average molecular weight is 342 g/mol. The lowest BCUT2D eigenvalue weighted by Gasteiger charge is -2.28. The first-order chi connectivity index (χ1) is 12.6. The van der Waals surface area contributed by atoms with Crippen LogP contribution in [-0.2, 0) is 11.8 Å². The molecule has 1 atom stereocenters. The molecule has 2 aromatic carbocycles. The van der Waals surface area contributed by atoms with E-state index in [1.54, 1.807) is 0 Å². The molecule has 0 amide bonds. The number of carbonyl (C=O) groups is 1. The van der Waals surface area contributed by atoms with Crippen LogP contribution in [0.2, 0.25) is 0 Å². The first kappa shape index (κ1) is 15.2. The van der Waals surface area contributed by atoms with Crippen molar-refractivity contribution in [3.8, 4) is 0 Å². The third-order valence-electron chi connectivity index (χ3n) is 5.37. The third-order valence-corrected chi connectivity index (χ3v) is 5.37. The Balaban J connectivity index is 1.85. The van der Waals surface area contributed by atoms with Crippen molar-refractivity contribution in [2.75, 3.05) is 0 Å². The second-order valence-corrected chi connectivity index (χ2v) is 6.90. The summed E-state index contributed by atoms with van der Waals surface area (Å²) in [5.74, 6) is -0.207. The standard InChI is InChI=1S/C22H18N2O2/c1-12-18(14-8-3-5-9-16(14)23-12)20-19(21(25)22(20)26)15-11-24(2)17-10-6-4-7-13(15)17/h3-11,22-23,26H,1-2H3/t22-/m1/s1. The number of aromatic amines is 1. The number of hydrogen-bond acceptors (Lipinski definition) is 2. The van der Waals surface area contributed by atoms with Crippen LogP contribution in [0, 0.1) is 6.92 Å². The van der Waals surface area contributed by atoms with Crippen LogP contribution in [0.3, 0.4) is 0 Å². The van der Waals surface area contributed by atoms with Crippen LogP contribution in [-0.4, -0.2) is 26.5 Å². The topological polar surface area (TPSA) is 58.0 Å². The lowest BCUT2D eigenvalue weighted by molar-refractivity contribution is -0.120. The minimum atomic E-state index is -1.07. The van der Waals surface area contributed by atoms with Gasteiger partial charge in [0.15, 0.2) is 5.78 Å². The zero-order valence-corrected chi connectivity index (χ0v) is 14.6. The summed E-state index contributed by atoms with van der Waals surface area (Å²) in [4.78, 5) is 16.0. The fraction of sp³-hybridized carbons (Fsp3) is 0.136. The number of nitrogens with zero attached hydrogens (tertiary/aromatic N) is 1. The quantitative estimate of drug-likeness (QED) is 0.582. The summed E-state index contributed by atoms with van der Waals surface area (Å²) >= 11 is 0. The number of aliphatic hydroxyl groups is 1. The van der Waals surface area contributed by atoms with E-state index in [4.69, 9.17) is 0 Å². The van der Waals surface area contributed by atoms with Gasteiger partial charge in [0.2, 0.25) is 0 Å². The van der Waals surface area contributed by atoms with Crippen LogP contribution in [0.4, 0.5) is 0 Å². The molecule has 0 fully saturated rings. The van der Waals surface area contributed by atoms with Crippen LogP contribution < -0.4 is 0 Å². The van der Waals surface area contributed by atoms with Crippen molar-refractivity contribution in [2.24, 2.45) is 7.05 Å². The maximum Gasteiger partial charge on any atom is 0.196 e. The highest BCUT2D eigenvalue weighted by atomic mass is 16.3. The van der Waals surface area contributed by atoms with E-state index in [1.165, 1.54) is 0 Å². The first-order valence-electron chi connectivity index (χ1n) is 8.66. The molecule has 0 spiro atoms. The zero-order valence-electron chi connectivity index (χ0n) is 14.6. The van der Waals surface area contributed by atoms with E-state index >= 15 is 0 Å². The number of nitrogens with one attached hydrogen (secondary N) is 1. The van der Waals surface area contributed by atoms with E-state index in [0.29, 0.717) is 5.57 Å². The molecule has 1 aliphatic rings. The molecule has 4 heteroatoms. The molecule has 2 heterocycles. The van der Waals surface area contributed by atoms with Gasteiger partial charge >= 0.3 is 0 Å². The summed E-state index contributed by atoms with van der Waals surface area (Å²) in [5.41, 5.74) is 6.22. The van der Waals surface area contributed by atoms with Crippen molar-refractivity contribution < 1.29 is 9.90 Å². The minimum Gasteiger partial charge on any atom is -0.380 e. The number of hydrogen-bond donors (Lipinski definition) is 2. The summed E-state index contributed by atoms with van der Waals surface area (Å²) in [5, 5.41) is 12.6. The smallest absolute Gasteiger partial charge is 0.196 e. The van der Waals surface area contributed by atoms with Gasteiger partial charge in [-0.3, -0.25) is 4.79 Å². The number of fused-ring (bicyclic) bond motifs is 2. The van der Waals surface area contributed by atoms with Gasteiger partial charge < -0.3 is 14.7 Å². The van der Waals surface area contributed by atoms with Crippen molar-refractivity contribution >= 4 is 38.7 Å². The molecule has 1 aliphatic carbocycles. The Labute approximate surface area is 150 Å². The fourth-order valence-corrected chi connectivity index (χ4v) is 4.16. The number of aryl methyl sites for hydroxylation is 2. The van der Waals surface area contributed by atoms with E-state index in [9.17, 15) is 9.90 Å². The first-order valence-corrected chi connectivity index (χ1v) is 8.66. The maximum absolute atomic E-state index is 12.6. The van der Waals surface area contributed by atoms with Crippen molar-refractivity contribution in [1.29, 1.82) is 0 Å². The molecule has 2 aromatic heterocycles. The van der Waals surface area contributed by atoms with E-state index in [2.05, 4.69) is 4.98 Å². The molecule has 4 aromatic rings. The van der Waals surface area contributed by atoms with E-state index < -0.39 is 6.10 Å². The van der Waals surface area contributed by atoms with Gasteiger partial charge in [0, 0.05) is 63.0 Å². The zero-order chi connectivity index (χ0) is 18.0. The highest BCUT2D eigenvalue weighted by Crippen LogP contribution is 2.45. The Kier molecular flexibility index (Phi) is 3.03. The predicted octanol–water partition coefficient (Wildman–Crippen LogP) is 3.82. The summed E-state index contributed by atoms with van der Waals surface area (Å²) in [6.45, 7) is 1.98. The second kappa shape index (κ2) is 5.19. The van der Waals surface area contributed by atoms with Crippen LogP contribution in [0.5, 0.6) is 0 Å². The van der Waals surface area contributed by atoms with Crippen LogP contribution in [0.1, 0.15) is 16.8 Å². The number of ketones is 1. The number of benzene rings is 2. The molecule has 0 aliphatic heterocycles. The number of Topliss-reactive ketones (excluding diaryl/α,β-unsaturated/α-hetero) is 1. The van der Waals surface area contributed by atoms with Crippen molar-refractivity contribution in [3.05, 3.63) is 71.5 Å². The van der Waals surface area contributed by atoms with Crippen molar-refractivity contribution in [3.63, 3.8) is 0 Å². The van der Waals surface area contributed by atoms with Gasteiger partial charge in [-0.15, -0.1) is 0 Å². The number of H-pyrrole nitrogens is 1. The van der Waals surface area contributed by atoms with Crippen LogP contribution >= 0.6 is 0 Å². The van der Waals surface area contributed by atoms with Crippen LogP contribution in [0.25, 0.3) is 33.0 Å². The lowest BCUT2D eigenvalue weighted by Crippen LogP contribution is -2.34. The predicted molar refractivity (Wildman–Crippen MR) is 104 cm³/mol. The number of rotatable bonds is 2. The Morgan fingerprint density at radius 1 is 1.04 bits per heavy atom. The minimum absolute atomic E-state index is 0.207. The van der Waals surface area contributed by atoms with Gasteiger partial charge in [-0.2, -0.15) is 0 Å². The van der Waals surface area contributed by atoms with E-state index in [1.807, 2.05) is 73.3 Å². The van der Waals surface area contributed by atoms with Gasteiger partial charge in [-0.05, 0) is 19.1 Å². The SMILES string of the molecule is Cc1[nH]c2ccccc2c1C1=C(c2cn(C)c3ccccc23)C(=O)[C@@H]1O. The number of aliphatic hydroxyl groups excluding tert-OH is 1. The molecular formula is C22H18N2O2. The number of aromatic nitrogens is 2. The van der Waals surface area contributed by atoms with Crippen LogP contribution in [0.15, 0.2) is 54.7 Å². The Morgan fingerprint density at radius 2 is 1.73 bits per heavy atom. The number of para-hydroxylation sites is 2. The molecule has 5 rings (SSSR count). The summed E-state index contributed by atoms with van der Waals surface area (Å²) < 4.78 is 2.02. The lowest BCUT2D eigenvalue weighted by atomic mass is 9.75. The fourth-order valence-electron chi connectivity index (χ4n) is 4.16.